The first-order chi connectivity index (χ1) is 15.3. The maximum atomic E-state index is 5.99. The highest BCUT2D eigenvalue weighted by atomic mass is 16.5. The molecular weight excluding hydrogens is 386 g/mol. The van der Waals surface area contributed by atoms with Gasteiger partial charge in [-0.15, -0.1) is 5.10 Å². The number of H-pyrrole nitrogens is 1. The number of ether oxygens (including phenoxy) is 1. The molecule has 2 aromatic heterocycles. The van der Waals surface area contributed by atoms with Crippen molar-refractivity contribution in [2.75, 3.05) is 0 Å². The first-order valence-corrected chi connectivity index (χ1v) is 9.94. The van der Waals surface area contributed by atoms with Gasteiger partial charge in [0.25, 0.3) is 0 Å². The van der Waals surface area contributed by atoms with Gasteiger partial charge in [0.15, 0.2) is 5.82 Å². The second-order valence-electron chi connectivity index (χ2n) is 7.03. The molecule has 5 aromatic rings. The number of nitrogens with zero attached hydrogens (tertiary/aromatic N) is 4. The van der Waals surface area contributed by atoms with Gasteiger partial charge >= 0.3 is 0 Å². The van der Waals surface area contributed by atoms with Crippen LogP contribution in [0.5, 0.6) is 5.75 Å². The number of aromatic nitrogens is 5. The Morgan fingerprint density at radius 3 is 2.68 bits per heavy atom. The van der Waals surface area contributed by atoms with Crippen LogP contribution < -0.4 is 4.74 Å². The molecule has 0 radical (unpaired) electrons. The summed E-state index contributed by atoms with van der Waals surface area (Å²) in [4.78, 5) is 4.66. The zero-order valence-electron chi connectivity index (χ0n) is 16.6. The van der Waals surface area contributed by atoms with Gasteiger partial charge in [-0.25, -0.2) is 10.1 Å². The fourth-order valence-corrected chi connectivity index (χ4v) is 3.37. The van der Waals surface area contributed by atoms with Crippen molar-refractivity contribution in [2.24, 2.45) is 0 Å². The van der Waals surface area contributed by atoms with Gasteiger partial charge in [0.1, 0.15) is 12.4 Å². The van der Waals surface area contributed by atoms with E-state index in [4.69, 9.17) is 4.74 Å². The molecule has 0 bridgehead atoms. The summed E-state index contributed by atoms with van der Waals surface area (Å²) in [5.41, 5.74) is 4.87. The molecule has 31 heavy (non-hydrogen) atoms. The maximum absolute atomic E-state index is 5.99. The van der Waals surface area contributed by atoms with E-state index >= 15 is 0 Å². The summed E-state index contributed by atoms with van der Waals surface area (Å²) in [5, 5.41) is 15.3. The maximum Gasteiger partial charge on any atom is 0.180 e. The summed E-state index contributed by atoms with van der Waals surface area (Å²) >= 11 is 0. The van der Waals surface area contributed by atoms with Crippen LogP contribution in [0.4, 0.5) is 0 Å². The molecule has 0 amide bonds. The number of hydrogen-bond donors (Lipinski definition) is 1. The van der Waals surface area contributed by atoms with E-state index in [0.717, 1.165) is 39.0 Å². The fourth-order valence-electron chi connectivity index (χ4n) is 3.37. The molecule has 0 aliphatic rings. The number of fused-ring (bicyclic) bond motifs is 1. The summed E-state index contributed by atoms with van der Waals surface area (Å²) in [6.45, 7) is 0.416. The monoisotopic (exact) mass is 405 g/mol. The minimum Gasteiger partial charge on any atom is -0.487 e. The predicted molar refractivity (Wildman–Crippen MR) is 121 cm³/mol. The van der Waals surface area contributed by atoms with E-state index in [9.17, 15) is 0 Å². The van der Waals surface area contributed by atoms with Crippen LogP contribution in [-0.4, -0.2) is 25.6 Å². The van der Waals surface area contributed by atoms with Gasteiger partial charge in [-0.05, 0) is 45.8 Å². The molecule has 0 atom stereocenters. The highest BCUT2D eigenvalue weighted by Gasteiger charge is 2.06. The molecule has 150 valence electrons. The molecule has 2 heterocycles. The summed E-state index contributed by atoms with van der Waals surface area (Å²) in [5.74, 6) is 1.44. The van der Waals surface area contributed by atoms with Gasteiger partial charge in [-0.1, -0.05) is 72.8 Å². The highest BCUT2D eigenvalue weighted by molar-refractivity contribution is 5.79. The lowest BCUT2D eigenvalue weighted by molar-refractivity contribution is 0.302. The number of aromatic amines is 1. The number of benzene rings is 3. The summed E-state index contributed by atoms with van der Waals surface area (Å²) in [6.07, 6.45) is 4.09. The second kappa shape index (κ2) is 8.59. The Kier molecular flexibility index (Phi) is 5.18. The molecule has 0 saturated heterocycles. The molecule has 6 nitrogen and oxygen atoms in total. The molecule has 0 spiro atoms. The van der Waals surface area contributed by atoms with Crippen molar-refractivity contribution in [3.63, 3.8) is 0 Å². The van der Waals surface area contributed by atoms with Gasteiger partial charge in [-0.3, -0.25) is 0 Å². The molecule has 0 aliphatic carbocycles. The largest absolute Gasteiger partial charge is 0.487 e. The first kappa shape index (κ1) is 18.7. The Balaban J connectivity index is 1.31. The van der Waals surface area contributed by atoms with Gasteiger partial charge in [0.2, 0.25) is 0 Å². The fraction of sp³-hybridized carbons (Fsp3) is 0.0400. The number of rotatable bonds is 6. The normalized spacial score (nSPS) is 11.2. The molecular formula is C25H19N5O. The van der Waals surface area contributed by atoms with Crippen LogP contribution in [0, 0.1) is 0 Å². The van der Waals surface area contributed by atoms with Crippen molar-refractivity contribution in [2.45, 2.75) is 6.61 Å². The van der Waals surface area contributed by atoms with Crippen LogP contribution in [0.2, 0.25) is 0 Å². The third-order valence-electron chi connectivity index (χ3n) is 4.92. The minimum atomic E-state index is 0.416. The van der Waals surface area contributed by atoms with Crippen molar-refractivity contribution >= 4 is 23.1 Å². The van der Waals surface area contributed by atoms with E-state index in [1.165, 1.54) is 0 Å². The van der Waals surface area contributed by atoms with Gasteiger partial charge in [-0.2, -0.15) is 0 Å². The predicted octanol–water partition coefficient (Wildman–Crippen LogP) is 5.16. The average Bonchev–Trinajstić information content (AvgIpc) is 3.37. The van der Waals surface area contributed by atoms with Gasteiger partial charge in [0, 0.05) is 10.9 Å². The van der Waals surface area contributed by atoms with Crippen LogP contribution in [-0.2, 0) is 6.61 Å². The van der Waals surface area contributed by atoms with Gasteiger partial charge in [0.05, 0.1) is 11.2 Å². The van der Waals surface area contributed by atoms with E-state index in [1.807, 2.05) is 84.9 Å². The molecule has 5 rings (SSSR count). The van der Waals surface area contributed by atoms with Crippen LogP contribution >= 0.6 is 0 Å². The minimum absolute atomic E-state index is 0.416. The number of pyridine rings is 1. The lowest BCUT2D eigenvalue weighted by Gasteiger charge is -2.07. The quantitative estimate of drug-likeness (QED) is 0.395. The SMILES string of the molecule is C(=Cc1ccccc1-c1nnn[nH]1)c1cccc(OCc2ccc3ccccc3n2)c1. The molecule has 1 N–H and O–H groups in total. The van der Waals surface area contributed by atoms with Gasteiger partial charge < -0.3 is 4.74 Å². The lowest BCUT2D eigenvalue weighted by Crippen LogP contribution is -1.98. The zero-order valence-corrected chi connectivity index (χ0v) is 16.6. The Morgan fingerprint density at radius 1 is 0.839 bits per heavy atom. The lowest BCUT2D eigenvalue weighted by atomic mass is 10.1. The standard InChI is InChI=1S/C25H19N5O/c1-3-10-23(25-27-29-30-28-25)19(7-1)13-12-18-6-5-9-22(16-18)31-17-21-15-14-20-8-2-4-11-24(20)26-21/h1-16H,17H2,(H,27,28,29,30). The second-order valence-corrected chi connectivity index (χ2v) is 7.03. The number of hydrogen-bond acceptors (Lipinski definition) is 5. The Hall–Kier alpha value is -4.32. The summed E-state index contributed by atoms with van der Waals surface area (Å²) in [7, 11) is 0. The van der Waals surface area contributed by atoms with Crippen molar-refractivity contribution in [3.05, 3.63) is 102 Å². The summed E-state index contributed by atoms with van der Waals surface area (Å²) < 4.78 is 5.99. The zero-order chi connectivity index (χ0) is 20.9. The Morgan fingerprint density at radius 2 is 1.74 bits per heavy atom. The van der Waals surface area contributed by atoms with Crippen molar-refractivity contribution < 1.29 is 4.74 Å². The Bertz CT molecular complexity index is 1350. The molecule has 3 aromatic carbocycles. The molecule has 0 aliphatic heterocycles. The first-order valence-electron chi connectivity index (χ1n) is 9.94. The smallest absolute Gasteiger partial charge is 0.180 e. The van der Waals surface area contributed by atoms with Crippen LogP contribution in [0.3, 0.4) is 0 Å². The number of nitrogens with one attached hydrogen (secondary N) is 1. The van der Waals surface area contributed by atoms with E-state index < -0.39 is 0 Å². The van der Waals surface area contributed by atoms with Crippen LogP contribution in [0.25, 0.3) is 34.4 Å². The van der Waals surface area contributed by atoms with E-state index in [1.54, 1.807) is 0 Å². The third kappa shape index (κ3) is 4.33. The molecule has 0 fully saturated rings. The molecule has 0 saturated carbocycles. The highest BCUT2D eigenvalue weighted by Crippen LogP contribution is 2.23. The van der Waals surface area contributed by atoms with Crippen molar-refractivity contribution in [1.29, 1.82) is 0 Å². The number of para-hydroxylation sites is 1. The average molecular weight is 405 g/mol. The van der Waals surface area contributed by atoms with Crippen molar-refractivity contribution in [1.82, 2.24) is 25.6 Å². The topological polar surface area (TPSA) is 76.6 Å². The van der Waals surface area contributed by atoms with E-state index in [0.29, 0.717) is 12.4 Å². The number of tetrazole rings is 1. The van der Waals surface area contributed by atoms with Crippen LogP contribution in [0.15, 0.2) is 84.9 Å². The molecule has 0 unspecified atom stereocenters. The molecule has 6 heteroatoms. The van der Waals surface area contributed by atoms with Crippen molar-refractivity contribution in [3.8, 4) is 17.1 Å². The van der Waals surface area contributed by atoms with E-state index in [2.05, 4.69) is 37.7 Å². The van der Waals surface area contributed by atoms with Crippen LogP contribution in [0.1, 0.15) is 16.8 Å². The Labute approximate surface area is 179 Å². The van der Waals surface area contributed by atoms with E-state index in [-0.39, 0.29) is 0 Å². The summed E-state index contributed by atoms with van der Waals surface area (Å²) in [6, 6.07) is 28.1. The third-order valence-corrected chi connectivity index (χ3v) is 4.92.